The Labute approximate surface area is 457 Å². The summed E-state index contributed by atoms with van der Waals surface area (Å²) in [6.45, 7) is 15.2. The number of hydrogen-bond acceptors (Lipinski definition) is 13. The summed E-state index contributed by atoms with van der Waals surface area (Å²) in [4.78, 5) is 66.6. The maximum atomic E-state index is 16.8. The van der Waals surface area contributed by atoms with Crippen molar-refractivity contribution in [2.45, 2.75) is 110 Å². The zero-order chi connectivity index (χ0) is 55.5. The average molecular weight is 1240 g/mol. The Morgan fingerprint density at radius 2 is 1.78 bits per heavy atom. The number of aliphatic imine (C=N–C) groups is 1. The number of nitrogens with zero attached hydrogens (tertiary/aromatic N) is 9. The molecular weight excluding hydrogens is 1170 g/mol. The number of likely N-dealkylation sites (N-methyl/N-ethyl adjacent to an activating group) is 2. The Kier molecular flexibility index (Phi) is 18.0. The van der Waals surface area contributed by atoms with Gasteiger partial charge in [0.2, 0.25) is 0 Å². The van der Waals surface area contributed by atoms with Crippen molar-refractivity contribution in [3.8, 4) is 23.1 Å². The fourth-order valence-electron chi connectivity index (χ4n) is 10.6. The number of hydrogen-bond donors (Lipinski definition) is 2. The molecule has 8 rings (SSSR count). The topological polar surface area (TPSA) is 163 Å². The number of alkyl halides is 3. The van der Waals surface area contributed by atoms with Gasteiger partial charge in [0.15, 0.2) is 0 Å². The Morgan fingerprint density at radius 1 is 1.06 bits per heavy atom. The van der Waals surface area contributed by atoms with E-state index in [0.717, 1.165) is 29.4 Å². The second kappa shape index (κ2) is 24.1. The number of carbonyl (C=O) groups excluding carboxylic acids is 3. The van der Waals surface area contributed by atoms with E-state index < -0.39 is 60.1 Å². The minimum absolute atomic E-state index is 0.00565. The fourth-order valence-corrected chi connectivity index (χ4v) is 12.4. The third kappa shape index (κ3) is 13.4. The number of cyclic esters (lactones) is 1. The van der Waals surface area contributed by atoms with E-state index in [2.05, 4.69) is 53.9 Å². The number of esters is 1. The SMILES string of the molecule is C=C1N=CC[C@H](N[C](=[Os])[C@H](C(C)C)N(C)C(=O)C2CC(C#Cc3ncccn3)C2)C(=O)N2CCC[C@H](N2)C(=O)OCC(C)(C)Cc2c(-c3cc(N4CCN(C)CC4)cnc3[C@H](C)OC)n(CC(F)(F)F)c3cc(F)c1cc23. The molecule has 2 saturated heterocycles. The average Bonchev–Trinajstić information content (AvgIpc) is 3.67. The second-order valence-corrected chi connectivity index (χ2v) is 23.2. The van der Waals surface area contributed by atoms with Gasteiger partial charge in [-0.15, -0.1) is 0 Å². The van der Waals surface area contributed by atoms with E-state index in [-0.39, 0.29) is 72.1 Å². The van der Waals surface area contributed by atoms with Crippen LogP contribution in [0, 0.1) is 40.8 Å². The number of methoxy groups -OCH3 is 1. The monoisotopic (exact) mass is 1240 g/mol. The van der Waals surface area contributed by atoms with Crippen LogP contribution in [-0.2, 0) is 55.0 Å². The van der Waals surface area contributed by atoms with Crippen LogP contribution in [0.25, 0.3) is 27.9 Å². The molecule has 1 aliphatic carbocycles. The van der Waals surface area contributed by atoms with Crippen molar-refractivity contribution < 1.29 is 59.6 Å². The number of aromatic nitrogens is 4. The van der Waals surface area contributed by atoms with Gasteiger partial charge in [0.1, 0.15) is 6.54 Å². The first-order valence-electron chi connectivity index (χ1n) is 26.2. The molecule has 414 valence electrons. The molecule has 16 nitrogen and oxygen atoms in total. The molecule has 4 aromatic rings. The molecule has 4 aliphatic rings. The predicted octanol–water partition coefficient (Wildman–Crippen LogP) is 6.90. The second-order valence-electron chi connectivity index (χ2n) is 21.8. The number of halogens is 4. The van der Waals surface area contributed by atoms with E-state index in [9.17, 15) is 14.4 Å². The molecule has 2 amide bonds. The first kappa shape index (κ1) is 57.4. The molecule has 2 N–H and O–H groups in total. The number of fused-ring (bicyclic) bond motifs is 3. The van der Waals surface area contributed by atoms with Crippen LogP contribution in [0.2, 0.25) is 0 Å². The number of benzene rings is 1. The van der Waals surface area contributed by atoms with Gasteiger partial charge in [0.25, 0.3) is 0 Å². The molecule has 3 aliphatic heterocycles. The normalized spacial score (nSPS) is 22.4. The molecule has 1 aromatic carbocycles. The van der Waals surface area contributed by atoms with Crippen molar-refractivity contribution in [2.75, 3.05) is 65.4 Å². The summed E-state index contributed by atoms with van der Waals surface area (Å²) in [5.41, 5.74) is 4.30. The van der Waals surface area contributed by atoms with Gasteiger partial charge in [-0.3, -0.25) is 4.98 Å². The van der Waals surface area contributed by atoms with Crippen molar-refractivity contribution in [3.05, 3.63) is 77.9 Å². The summed E-state index contributed by atoms with van der Waals surface area (Å²) in [7, 11) is 5.30. The number of nitrogens with one attached hydrogen (secondary N) is 2. The molecule has 21 heteroatoms. The molecule has 0 spiro atoms. The van der Waals surface area contributed by atoms with Crippen LogP contribution in [0.1, 0.15) is 95.5 Å². The van der Waals surface area contributed by atoms with Crippen molar-refractivity contribution in [1.29, 1.82) is 0 Å². The van der Waals surface area contributed by atoms with Crippen molar-refractivity contribution in [3.63, 3.8) is 0 Å². The molecule has 3 fully saturated rings. The number of hydrazine groups is 1. The van der Waals surface area contributed by atoms with Crippen molar-refractivity contribution in [1.82, 2.24) is 45.1 Å². The zero-order valence-corrected chi connectivity index (χ0v) is 47.5. The number of anilines is 1. The third-order valence-corrected chi connectivity index (χ3v) is 16.1. The van der Waals surface area contributed by atoms with Gasteiger partial charge < -0.3 is 14.5 Å². The van der Waals surface area contributed by atoms with Crippen LogP contribution in [0.4, 0.5) is 23.2 Å². The van der Waals surface area contributed by atoms with Gasteiger partial charge >= 0.3 is 332 Å². The molecule has 4 atom stereocenters. The van der Waals surface area contributed by atoms with Crippen molar-refractivity contribution in [2.24, 2.45) is 28.2 Å². The molecule has 77 heavy (non-hydrogen) atoms. The summed E-state index contributed by atoms with van der Waals surface area (Å²) >= 11 is 1.56. The number of rotatable bonds is 11. The summed E-state index contributed by atoms with van der Waals surface area (Å²) < 4.78 is 75.5. The molecule has 6 heterocycles. The maximum absolute atomic E-state index is 16.8. The Bertz CT molecular complexity index is 2960. The number of pyridine rings is 1. The van der Waals surface area contributed by atoms with Crippen LogP contribution in [0.5, 0.6) is 0 Å². The first-order chi connectivity index (χ1) is 36.5. The summed E-state index contributed by atoms with van der Waals surface area (Å²) in [6, 6.07) is 3.87. The van der Waals surface area contributed by atoms with Crippen LogP contribution in [0.15, 0.2) is 54.4 Å². The van der Waals surface area contributed by atoms with Gasteiger partial charge in [0, 0.05) is 38.9 Å². The standard InChI is InChI=1S/C56H69F4N11O5.Os/c1-34(2)48(68(8)52(72)38-24-37(25-38)13-14-49-62-16-11-17-63-49)31-64-45-15-18-61-35(3)40-27-41-43(29-55(5,6)33-76-54(74)46-12-10-19-71(66-46)53(45)73)51(70(32-56(58,59)60)47(41)28-44(40)57)42-26-39(30-65-50(42)36(4)75-9)69-22-20-67(7)21-23-69;/h11,16-18,26-28,30,34,36-38,45-46,48,64,66H,3,10,12,15,19-25,29,32-33H2,1-2,4-9H3;/t36-,37?,38?,45-,46-,48+;/m0./s1. The van der Waals surface area contributed by atoms with Gasteiger partial charge in [0.05, 0.1) is 23.7 Å². The molecule has 1 saturated carbocycles. The summed E-state index contributed by atoms with van der Waals surface area (Å²) in [5.74, 6) is 4.46. The van der Waals surface area contributed by atoms with E-state index in [1.54, 1.807) is 61.7 Å². The van der Waals surface area contributed by atoms with E-state index >= 15 is 17.6 Å². The first-order valence-corrected chi connectivity index (χ1v) is 27.5. The number of ether oxygens (including phenoxy) is 2. The summed E-state index contributed by atoms with van der Waals surface area (Å²) in [5, 5.41) is 5.17. The van der Waals surface area contributed by atoms with Crippen LogP contribution in [-0.4, -0.2) is 147 Å². The Hall–Kier alpha value is -5.76. The van der Waals surface area contributed by atoms with E-state index in [1.165, 1.54) is 24.4 Å². The predicted molar refractivity (Wildman–Crippen MR) is 283 cm³/mol. The Morgan fingerprint density at radius 3 is 2.45 bits per heavy atom. The number of piperazine rings is 1. The van der Waals surface area contributed by atoms with Gasteiger partial charge in [-0.05, 0) is 26.1 Å². The van der Waals surface area contributed by atoms with Gasteiger partial charge in [-0.2, -0.15) is 13.2 Å². The molecule has 0 unspecified atom stereocenters. The third-order valence-electron chi connectivity index (χ3n) is 15.0. The summed E-state index contributed by atoms with van der Waals surface area (Å²) in [6.07, 6.45) is 3.16. The van der Waals surface area contributed by atoms with Crippen LogP contribution >= 0.6 is 0 Å². The van der Waals surface area contributed by atoms with Gasteiger partial charge in [-0.25, -0.2) is 0 Å². The Balaban J connectivity index is 1.16. The van der Waals surface area contributed by atoms with Crippen LogP contribution < -0.4 is 15.6 Å². The van der Waals surface area contributed by atoms with E-state index in [1.807, 2.05) is 40.8 Å². The van der Waals surface area contributed by atoms with Gasteiger partial charge in [-0.1, -0.05) is 0 Å². The van der Waals surface area contributed by atoms with E-state index in [0.29, 0.717) is 71.0 Å². The quantitative estimate of drug-likeness (QED) is 0.0910. The number of carbonyl (C=O) groups is 3. The fraction of sp³-hybridized carbons (Fsp3) is 0.536. The number of amides is 2. The minimum atomic E-state index is -4.73. The van der Waals surface area contributed by atoms with E-state index in [4.69, 9.17) is 14.5 Å². The zero-order valence-electron chi connectivity index (χ0n) is 45.0. The van der Waals surface area contributed by atoms with Crippen LogP contribution in [0.3, 0.4) is 0 Å². The molecule has 4 bridgehead atoms. The molecule has 0 radical (unpaired) electrons. The van der Waals surface area contributed by atoms with Crippen molar-refractivity contribution >= 4 is 50.5 Å². The molecule has 3 aromatic heterocycles. The molecular formula is C56H69F4N11O5Os.